The van der Waals surface area contributed by atoms with E-state index in [4.69, 9.17) is 5.10 Å². The van der Waals surface area contributed by atoms with Gasteiger partial charge in [-0.15, -0.1) is 0 Å². The highest BCUT2D eigenvalue weighted by atomic mass is 16.1. The molecule has 0 unspecified atom stereocenters. The number of aryl methyl sites for hydroxylation is 1. The Balaban J connectivity index is 1.41. The van der Waals surface area contributed by atoms with Crippen LogP contribution in [0.15, 0.2) is 114 Å². The number of rotatable bonds is 6. The summed E-state index contributed by atoms with van der Waals surface area (Å²) < 4.78 is 3.37. The lowest BCUT2D eigenvalue weighted by Crippen LogP contribution is -2.18. The molecule has 2 aromatic heterocycles. The Labute approximate surface area is 203 Å². The van der Waals surface area contributed by atoms with Crippen molar-refractivity contribution >= 4 is 11.6 Å². The van der Waals surface area contributed by atoms with Gasteiger partial charge in [0.1, 0.15) is 5.69 Å². The molecule has 5 aromatic rings. The fraction of sp³-hybridized carbons (Fsp3) is 0.0690. The van der Waals surface area contributed by atoms with E-state index in [1.54, 1.807) is 27.7 Å². The van der Waals surface area contributed by atoms with Crippen molar-refractivity contribution in [3.8, 4) is 16.9 Å². The molecule has 0 atom stereocenters. The van der Waals surface area contributed by atoms with Crippen LogP contribution in [0.3, 0.4) is 0 Å². The molecule has 2 heterocycles. The largest absolute Gasteiger partial charge is 0.322 e. The van der Waals surface area contributed by atoms with Crippen LogP contribution >= 0.6 is 0 Å². The van der Waals surface area contributed by atoms with Crippen molar-refractivity contribution in [3.05, 3.63) is 136 Å². The van der Waals surface area contributed by atoms with Gasteiger partial charge in [0.2, 0.25) is 0 Å². The zero-order valence-electron chi connectivity index (χ0n) is 19.3. The Morgan fingerprint density at radius 1 is 0.857 bits per heavy atom. The van der Waals surface area contributed by atoms with Gasteiger partial charge in [0.15, 0.2) is 0 Å². The zero-order valence-corrected chi connectivity index (χ0v) is 19.3. The summed E-state index contributed by atoms with van der Waals surface area (Å²) in [4.78, 5) is 25.3. The lowest BCUT2D eigenvalue weighted by Gasteiger charge is -2.08. The Morgan fingerprint density at radius 2 is 1.57 bits per heavy atom. The molecule has 0 radical (unpaired) electrons. The number of benzene rings is 3. The first kappa shape index (κ1) is 22.1. The summed E-state index contributed by atoms with van der Waals surface area (Å²) in [5.41, 5.74) is 5.58. The highest BCUT2D eigenvalue weighted by Crippen LogP contribution is 2.25. The molecule has 0 aliphatic carbocycles. The number of carbonyl (C=O) groups excluding carboxylic acids is 1. The van der Waals surface area contributed by atoms with Crippen LogP contribution in [0, 0.1) is 6.92 Å². The second-order valence-corrected chi connectivity index (χ2v) is 8.36. The Morgan fingerprint density at radius 3 is 2.29 bits per heavy atom. The van der Waals surface area contributed by atoms with Crippen molar-refractivity contribution in [2.75, 3.05) is 5.32 Å². The van der Waals surface area contributed by atoms with Crippen LogP contribution in [0.2, 0.25) is 0 Å². The average molecular weight is 461 g/mol. The quantitative estimate of drug-likeness (QED) is 0.373. The number of nitrogens with zero attached hydrogens (tertiary/aromatic N) is 3. The maximum atomic E-state index is 13.3. The van der Waals surface area contributed by atoms with Crippen molar-refractivity contribution in [1.82, 2.24) is 14.3 Å². The first-order chi connectivity index (χ1) is 17.1. The number of carbonyl (C=O) groups is 1. The van der Waals surface area contributed by atoms with E-state index in [9.17, 15) is 9.59 Å². The van der Waals surface area contributed by atoms with Crippen LogP contribution in [0.1, 0.15) is 21.5 Å². The number of amides is 1. The first-order valence-corrected chi connectivity index (χ1v) is 11.3. The summed E-state index contributed by atoms with van der Waals surface area (Å²) >= 11 is 0. The molecule has 5 rings (SSSR count). The minimum Gasteiger partial charge on any atom is -0.322 e. The van der Waals surface area contributed by atoms with E-state index in [1.165, 1.54) is 6.07 Å². The number of hydrogen-bond acceptors (Lipinski definition) is 3. The number of anilines is 1. The van der Waals surface area contributed by atoms with Gasteiger partial charge in [0, 0.05) is 29.7 Å². The molecule has 0 bridgehead atoms. The third-order valence-corrected chi connectivity index (χ3v) is 5.77. The molecule has 172 valence electrons. The number of pyridine rings is 1. The smallest absolute Gasteiger partial charge is 0.259 e. The predicted octanol–water partition coefficient (Wildman–Crippen LogP) is 5.31. The third kappa shape index (κ3) is 4.96. The topological polar surface area (TPSA) is 68.9 Å². The predicted molar refractivity (Wildman–Crippen MR) is 138 cm³/mol. The molecule has 0 spiro atoms. The van der Waals surface area contributed by atoms with Crippen LogP contribution in [0.5, 0.6) is 0 Å². The summed E-state index contributed by atoms with van der Waals surface area (Å²) in [6.07, 6.45) is 3.52. The maximum Gasteiger partial charge on any atom is 0.259 e. The van der Waals surface area contributed by atoms with Gasteiger partial charge < -0.3 is 9.88 Å². The molecule has 35 heavy (non-hydrogen) atoms. The highest BCUT2D eigenvalue weighted by Gasteiger charge is 2.19. The molecule has 1 N–H and O–H groups in total. The summed E-state index contributed by atoms with van der Waals surface area (Å²) in [6, 6.07) is 30.3. The molecule has 0 saturated carbocycles. The monoisotopic (exact) mass is 460 g/mol. The van der Waals surface area contributed by atoms with Gasteiger partial charge in [-0.05, 0) is 42.8 Å². The lowest BCUT2D eigenvalue weighted by molar-refractivity contribution is 0.102. The molecular formula is C29H24N4O2. The standard InChI is InChI=1S/C29H24N4O2/c1-21-10-16-25(17-11-21)33-20-26(28(31-33)23-7-3-2-4-8-23)29(35)30-24-14-12-22(13-15-24)19-32-18-6-5-9-27(32)34/h2-18,20H,19H2,1H3,(H,30,35). The van der Waals surface area contributed by atoms with Crippen molar-refractivity contribution in [2.24, 2.45) is 0 Å². The Hall–Kier alpha value is -4.71. The van der Waals surface area contributed by atoms with Gasteiger partial charge in [-0.1, -0.05) is 66.2 Å². The maximum absolute atomic E-state index is 13.3. The summed E-state index contributed by atoms with van der Waals surface area (Å²) in [5, 5.41) is 7.72. The molecule has 0 saturated heterocycles. The van der Waals surface area contributed by atoms with Gasteiger partial charge in [0.05, 0.1) is 17.8 Å². The summed E-state index contributed by atoms with van der Waals surface area (Å²) in [7, 11) is 0. The van der Waals surface area contributed by atoms with Gasteiger partial charge >= 0.3 is 0 Å². The van der Waals surface area contributed by atoms with Crippen LogP contribution in [-0.4, -0.2) is 20.3 Å². The third-order valence-electron chi connectivity index (χ3n) is 5.77. The minimum absolute atomic E-state index is 0.0519. The number of nitrogens with one attached hydrogen (secondary N) is 1. The fourth-order valence-electron chi connectivity index (χ4n) is 3.86. The molecule has 3 aromatic carbocycles. The van der Waals surface area contributed by atoms with Crippen molar-refractivity contribution in [2.45, 2.75) is 13.5 Å². The van der Waals surface area contributed by atoms with Crippen LogP contribution in [-0.2, 0) is 6.54 Å². The summed E-state index contributed by atoms with van der Waals surface area (Å²) in [6.45, 7) is 2.50. The fourth-order valence-corrected chi connectivity index (χ4v) is 3.86. The Bertz CT molecular complexity index is 1520. The molecule has 1 amide bonds. The van der Waals surface area contributed by atoms with Crippen molar-refractivity contribution in [3.63, 3.8) is 0 Å². The molecule has 0 aliphatic heterocycles. The Kier molecular flexibility index (Phi) is 6.09. The van der Waals surface area contributed by atoms with Crippen LogP contribution < -0.4 is 10.9 Å². The zero-order chi connectivity index (χ0) is 24.2. The van der Waals surface area contributed by atoms with E-state index >= 15 is 0 Å². The second-order valence-electron chi connectivity index (χ2n) is 8.36. The first-order valence-electron chi connectivity index (χ1n) is 11.3. The van der Waals surface area contributed by atoms with Gasteiger partial charge in [-0.3, -0.25) is 9.59 Å². The number of hydrogen-bond donors (Lipinski definition) is 1. The van der Waals surface area contributed by atoms with E-state index in [-0.39, 0.29) is 11.5 Å². The summed E-state index contributed by atoms with van der Waals surface area (Å²) in [5.74, 6) is -0.241. The average Bonchev–Trinajstić information content (AvgIpc) is 3.33. The van der Waals surface area contributed by atoms with Gasteiger partial charge in [-0.25, -0.2) is 4.68 Å². The van der Waals surface area contributed by atoms with Gasteiger partial charge in [-0.2, -0.15) is 5.10 Å². The molecule has 6 heteroatoms. The molecule has 0 fully saturated rings. The van der Waals surface area contributed by atoms with E-state index in [0.717, 1.165) is 22.4 Å². The minimum atomic E-state index is -0.241. The lowest BCUT2D eigenvalue weighted by atomic mass is 10.1. The molecule has 6 nitrogen and oxygen atoms in total. The molecular weight excluding hydrogens is 436 g/mol. The number of aromatic nitrogens is 3. The van der Waals surface area contributed by atoms with E-state index < -0.39 is 0 Å². The van der Waals surface area contributed by atoms with E-state index in [2.05, 4.69) is 5.32 Å². The second kappa shape index (κ2) is 9.65. The van der Waals surface area contributed by atoms with Crippen molar-refractivity contribution in [1.29, 1.82) is 0 Å². The van der Waals surface area contributed by atoms with Crippen molar-refractivity contribution < 1.29 is 4.79 Å². The SMILES string of the molecule is Cc1ccc(-n2cc(C(=O)Nc3ccc(Cn4ccccc4=O)cc3)c(-c3ccccc3)n2)cc1. The van der Waals surface area contributed by atoms with Gasteiger partial charge in [0.25, 0.3) is 11.5 Å². The van der Waals surface area contributed by atoms with Crippen LogP contribution in [0.4, 0.5) is 5.69 Å². The molecule has 0 aliphatic rings. The van der Waals surface area contributed by atoms with E-state index in [1.807, 2.05) is 91.9 Å². The highest BCUT2D eigenvalue weighted by molar-refractivity contribution is 6.08. The van der Waals surface area contributed by atoms with E-state index in [0.29, 0.717) is 23.5 Å². The van der Waals surface area contributed by atoms with Crippen LogP contribution in [0.25, 0.3) is 16.9 Å². The normalized spacial score (nSPS) is 10.8.